The van der Waals surface area contributed by atoms with Crippen molar-refractivity contribution in [3.05, 3.63) is 51.1 Å². The lowest BCUT2D eigenvalue weighted by molar-refractivity contribution is 0.0126. The van der Waals surface area contributed by atoms with Crippen molar-refractivity contribution in [3.63, 3.8) is 0 Å². The number of aromatic nitrogens is 2. The van der Waals surface area contributed by atoms with E-state index in [9.17, 15) is 13.6 Å². The summed E-state index contributed by atoms with van der Waals surface area (Å²) in [5.41, 5.74) is 4.13. The SMILES string of the molecule is Cc1ccc2c(c1)CC(C)(C)c1c-2nc(CCC(C)(F)F)n(C)c1=O. The maximum atomic E-state index is 13.3. The molecule has 0 bridgehead atoms. The molecule has 0 amide bonds. The Labute approximate surface area is 146 Å². The number of benzene rings is 1. The first-order valence-electron chi connectivity index (χ1n) is 8.58. The molecule has 1 heterocycles. The summed E-state index contributed by atoms with van der Waals surface area (Å²) < 4.78 is 28.0. The van der Waals surface area contributed by atoms with Crippen LogP contribution in [-0.2, 0) is 25.3 Å². The maximum Gasteiger partial charge on any atom is 0.257 e. The highest BCUT2D eigenvalue weighted by molar-refractivity contribution is 5.71. The predicted molar refractivity (Wildman–Crippen MR) is 95.3 cm³/mol. The summed E-state index contributed by atoms with van der Waals surface area (Å²) in [4.78, 5) is 17.7. The molecular formula is C20H24F2N2O. The molecule has 0 saturated heterocycles. The average molecular weight is 346 g/mol. The van der Waals surface area contributed by atoms with E-state index in [0.29, 0.717) is 17.1 Å². The molecule has 0 radical (unpaired) electrons. The van der Waals surface area contributed by atoms with Gasteiger partial charge in [0.1, 0.15) is 5.82 Å². The minimum Gasteiger partial charge on any atom is -0.300 e. The Morgan fingerprint density at radius 3 is 2.64 bits per heavy atom. The fourth-order valence-electron chi connectivity index (χ4n) is 3.67. The molecule has 1 aliphatic rings. The highest BCUT2D eigenvalue weighted by Gasteiger charge is 2.36. The average Bonchev–Trinajstić information content (AvgIpc) is 2.46. The number of hydrogen-bond donors (Lipinski definition) is 0. The fraction of sp³-hybridized carbons (Fsp3) is 0.500. The first-order valence-corrected chi connectivity index (χ1v) is 8.58. The molecule has 2 aromatic rings. The molecule has 0 fully saturated rings. The van der Waals surface area contributed by atoms with Gasteiger partial charge in [-0.3, -0.25) is 9.36 Å². The van der Waals surface area contributed by atoms with Crippen LogP contribution in [0.3, 0.4) is 0 Å². The summed E-state index contributed by atoms with van der Waals surface area (Å²) in [5, 5.41) is 0. The normalized spacial score (nSPS) is 15.6. The third-order valence-corrected chi connectivity index (χ3v) is 5.00. The van der Waals surface area contributed by atoms with E-state index in [1.165, 1.54) is 4.57 Å². The summed E-state index contributed by atoms with van der Waals surface area (Å²) in [6, 6.07) is 6.11. The number of fused-ring (bicyclic) bond motifs is 3. The van der Waals surface area contributed by atoms with Gasteiger partial charge < -0.3 is 0 Å². The lowest BCUT2D eigenvalue weighted by Gasteiger charge is -2.33. The molecular weight excluding hydrogens is 322 g/mol. The summed E-state index contributed by atoms with van der Waals surface area (Å²) in [6.07, 6.45) is 0.515. The largest absolute Gasteiger partial charge is 0.300 e. The van der Waals surface area contributed by atoms with E-state index < -0.39 is 5.92 Å². The van der Waals surface area contributed by atoms with Gasteiger partial charge in [-0.2, -0.15) is 0 Å². The van der Waals surface area contributed by atoms with Crippen molar-refractivity contribution in [3.8, 4) is 11.3 Å². The fourth-order valence-corrected chi connectivity index (χ4v) is 3.67. The molecule has 0 saturated carbocycles. The number of hydrogen-bond acceptors (Lipinski definition) is 2. The lowest BCUT2D eigenvalue weighted by atomic mass is 9.72. The molecule has 25 heavy (non-hydrogen) atoms. The first-order chi connectivity index (χ1) is 11.5. The highest BCUT2D eigenvalue weighted by atomic mass is 19.3. The summed E-state index contributed by atoms with van der Waals surface area (Å²) >= 11 is 0. The maximum absolute atomic E-state index is 13.3. The molecule has 3 nitrogen and oxygen atoms in total. The Balaban J connectivity index is 2.21. The number of nitrogens with zero attached hydrogens (tertiary/aromatic N) is 2. The van der Waals surface area contributed by atoms with Gasteiger partial charge in [-0.25, -0.2) is 13.8 Å². The molecule has 0 spiro atoms. The molecule has 3 rings (SSSR count). The molecule has 134 valence electrons. The van der Waals surface area contributed by atoms with E-state index >= 15 is 0 Å². The van der Waals surface area contributed by atoms with Crippen LogP contribution >= 0.6 is 0 Å². The third-order valence-electron chi connectivity index (χ3n) is 5.00. The van der Waals surface area contributed by atoms with E-state index in [4.69, 9.17) is 0 Å². The van der Waals surface area contributed by atoms with Gasteiger partial charge in [-0.15, -0.1) is 0 Å². The van der Waals surface area contributed by atoms with E-state index in [0.717, 1.165) is 30.0 Å². The van der Waals surface area contributed by atoms with E-state index in [1.54, 1.807) is 7.05 Å². The van der Waals surface area contributed by atoms with Crippen molar-refractivity contribution in [2.75, 3.05) is 0 Å². The molecule has 0 aliphatic heterocycles. The van der Waals surface area contributed by atoms with Gasteiger partial charge in [-0.05, 0) is 25.8 Å². The van der Waals surface area contributed by atoms with Gasteiger partial charge in [0, 0.05) is 36.4 Å². The third kappa shape index (κ3) is 3.24. The monoisotopic (exact) mass is 346 g/mol. The van der Waals surface area contributed by atoms with Crippen molar-refractivity contribution in [1.82, 2.24) is 9.55 Å². The standard InChI is InChI=1S/C20H24F2N2O/c1-12-6-7-14-13(10-12)11-19(2,3)16-17(14)23-15(24(5)18(16)25)8-9-20(4,21)22/h6-7,10H,8-9,11H2,1-5H3. The van der Waals surface area contributed by atoms with Crippen LogP contribution < -0.4 is 5.56 Å². The molecule has 5 heteroatoms. The zero-order valence-corrected chi connectivity index (χ0v) is 15.4. The van der Waals surface area contributed by atoms with Crippen molar-refractivity contribution in [2.45, 2.75) is 58.3 Å². The molecule has 0 N–H and O–H groups in total. The van der Waals surface area contributed by atoms with Gasteiger partial charge in [0.15, 0.2) is 0 Å². The minimum absolute atomic E-state index is 0.0736. The predicted octanol–water partition coefficient (Wildman–Crippen LogP) is 4.18. The summed E-state index contributed by atoms with van der Waals surface area (Å²) in [6.45, 7) is 7.01. The zero-order valence-electron chi connectivity index (χ0n) is 15.4. The second kappa shape index (κ2) is 5.75. The lowest BCUT2D eigenvalue weighted by Crippen LogP contribution is -2.38. The van der Waals surface area contributed by atoms with Crippen molar-refractivity contribution < 1.29 is 8.78 Å². The van der Waals surface area contributed by atoms with Gasteiger partial charge in [0.05, 0.1) is 5.69 Å². The van der Waals surface area contributed by atoms with Crippen LogP contribution in [0, 0.1) is 6.92 Å². The van der Waals surface area contributed by atoms with Crippen LogP contribution in [-0.4, -0.2) is 15.5 Å². The Hall–Kier alpha value is -2.04. The number of halogens is 2. The number of rotatable bonds is 3. The number of aryl methyl sites for hydroxylation is 2. The smallest absolute Gasteiger partial charge is 0.257 e. The van der Waals surface area contributed by atoms with Gasteiger partial charge in [-0.1, -0.05) is 37.6 Å². The molecule has 1 aliphatic carbocycles. The minimum atomic E-state index is -2.78. The van der Waals surface area contributed by atoms with Crippen LogP contribution in [0.2, 0.25) is 0 Å². The van der Waals surface area contributed by atoms with Crippen molar-refractivity contribution in [2.24, 2.45) is 7.05 Å². The molecule has 1 aromatic carbocycles. The second-order valence-corrected chi connectivity index (χ2v) is 7.91. The Kier molecular flexibility index (Phi) is 4.09. The van der Waals surface area contributed by atoms with E-state index in [-0.39, 0.29) is 23.8 Å². The van der Waals surface area contributed by atoms with E-state index in [1.807, 2.05) is 32.9 Å². The zero-order chi connectivity index (χ0) is 18.6. The van der Waals surface area contributed by atoms with Crippen LogP contribution in [0.1, 0.15) is 49.7 Å². The van der Waals surface area contributed by atoms with Crippen LogP contribution in [0.25, 0.3) is 11.3 Å². The highest BCUT2D eigenvalue weighted by Crippen LogP contribution is 2.40. The first kappa shape index (κ1) is 17.8. The molecule has 1 aromatic heterocycles. The van der Waals surface area contributed by atoms with Crippen molar-refractivity contribution >= 4 is 0 Å². The molecule has 0 atom stereocenters. The topological polar surface area (TPSA) is 34.9 Å². The quantitative estimate of drug-likeness (QED) is 0.836. The van der Waals surface area contributed by atoms with E-state index in [2.05, 4.69) is 11.1 Å². The number of alkyl halides is 2. The van der Waals surface area contributed by atoms with Crippen LogP contribution in [0.5, 0.6) is 0 Å². The van der Waals surface area contributed by atoms with Gasteiger partial charge >= 0.3 is 0 Å². The Morgan fingerprint density at radius 2 is 2.00 bits per heavy atom. The Morgan fingerprint density at radius 1 is 1.32 bits per heavy atom. The molecule has 0 unspecified atom stereocenters. The Bertz CT molecular complexity index is 892. The van der Waals surface area contributed by atoms with Gasteiger partial charge in [0.2, 0.25) is 5.92 Å². The van der Waals surface area contributed by atoms with Gasteiger partial charge in [0.25, 0.3) is 5.56 Å². The van der Waals surface area contributed by atoms with Crippen LogP contribution in [0.4, 0.5) is 8.78 Å². The van der Waals surface area contributed by atoms with Crippen LogP contribution in [0.15, 0.2) is 23.0 Å². The summed E-state index contributed by atoms with van der Waals surface area (Å²) in [5.74, 6) is -2.36. The van der Waals surface area contributed by atoms with Crippen molar-refractivity contribution in [1.29, 1.82) is 0 Å². The second-order valence-electron chi connectivity index (χ2n) is 7.91. The summed E-state index contributed by atoms with van der Waals surface area (Å²) in [7, 11) is 1.62.